The third kappa shape index (κ3) is 3.24. The predicted molar refractivity (Wildman–Crippen MR) is 74.8 cm³/mol. The Bertz CT molecular complexity index is 428. The fourth-order valence-corrected chi connectivity index (χ4v) is 2.11. The highest BCUT2D eigenvalue weighted by Gasteiger charge is 2.19. The van der Waals surface area contributed by atoms with Crippen molar-refractivity contribution in [2.24, 2.45) is 0 Å². The first kappa shape index (κ1) is 15.0. The number of benzene rings is 1. The van der Waals surface area contributed by atoms with Gasteiger partial charge in [-0.15, -0.1) is 0 Å². The summed E-state index contributed by atoms with van der Waals surface area (Å²) in [6.07, 6.45) is 0.750. The Kier molecular flexibility index (Phi) is 5.63. The quantitative estimate of drug-likeness (QED) is 0.806. The molecule has 0 saturated carbocycles. The van der Waals surface area contributed by atoms with Crippen LogP contribution in [0.4, 0.5) is 0 Å². The van der Waals surface area contributed by atoms with Crippen molar-refractivity contribution in [2.75, 3.05) is 13.7 Å². The maximum atomic E-state index is 12.3. The lowest BCUT2D eigenvalue weighted by Gasteiger charge is -2.16. The Balaban J connectivity index is 3.11. The van der Waals surface area contributed by atoms with Gasteiger partial charge in [-0.25, -0.2) is 0 Å². The number of ketones is 1. The number of Topliss-reactive ketones (excluding diaryl/α,β-unsaturated/α-hetero) is 1. The van der Waals surface area contributed by atoms with Gasteiger partial charge in [-0.2, -0.15) is 0 Å². The van der Waals surface area contributed by atoms with Gasteiger partial charge in [0.15, 0.2) is 5.78 Å². The number of hydrogen-bond acceptors (Lipinski definition) is 3. The lowest BCUT2D eigenvalue weighted by molar-refractivity contribution is 0.0944. The van der Waals surface area contributed by atoms with Gasteiger partial charge in [0, 0.05) is 5.56 Å². The van der Waals surface area contributed by atoms with E-state index in [0.717, 1.165) is 12.0 Å². The third-order valence-electron chi connectivity index (χ3n) is 2.92. The van der Waals surface area contributed by atoms with Crippen LogP contribution in [-0.4, -0.2) is 25.5 Å². The van der Waals surface area contributed by atoms with Gasteiger partial charge in [0.1, 0.15) is 5.75 Å². The number of halogens is 1. The molecule has 1 atom stereocenters. The highest BCUT2D eigenvalue weighted by atomic mass is 35.5. The van der Waals surface area contributed by atoms with Crippen molar-refractivity contribution < 1.29 is 9.53 Å². The number of aryl methyl sites for hydroxylation is 1. The van der Waals surface area contributed by atoms with Crippen molar-refractivity contribution in [1.29, 1.82) is 0 Å². The van der Waals surface area contributed by atoms with Gasteiger partial charge in [-0.05, 0) is 45.0 Å². The average Bonchev–Trinajstić information content (AvgIpc) is 2.35. The van der Waals surface area contributed by atoms with Crippen LogP contribution < -0.4 is 10.1 Å². The van der Waals surface area contributed by atoms with Crippen LogP contribution in [0.5, 0.6) is 5.75 Å². The number of rotatable bonds is 6. The minimum absolute atomic E-state index is 0.0717. The van der Waals surface area contributed by atoms with Crippen LogP contribution in [0.2, 0.25) is 5.02 Å². The molecule has 0 aliphatic rings. The molecule has 100 valence electrons. The minimum atomic E-state index is -0.169. The molecule has 0 radical (unpaired) electrons. The number of carbonyl (C=O) groups is 1. The monoisotopic (exact) mass is 269 g/mol. The van der Waals surface area contributed by atoms with E-state index >= 15 is 0 Å². The number of ether oxygens (including phenoxy) is 1. The zero-order chi connectivity index (χ0) is 13.7. The van der Waals surface area contributed by atoms with Gasteiger partial charge in [0.05, 0.1) is 17.7 Å². The molecule has 0 aromatic heterocycles. The van der Waals surface area contributed by atoms with Crippen LogP contribution in [0.15, 0.2) is 12.1 Å². The molecule has 0 amide bonds. The van der Waals surface area contributed by atoms with Gasteiger partial charge in [0.2, 0.25) is 0 Å². The van der Waals surface area contributed by atoms with Crippen LogP contribution in [0, 0.1) is 6.92 Å². The summed E-state index contributed by atoms with van der Waals surface area (Å²) in [7, 11) is 1.79. The molecule has 1 aromatic carbocycles. The molecule has 4 heteroatoms. The van der Waals surface area contributed by atoms with E-state index in [2.05, 4.69) is 5.32 Å². The summed E-state index contributed by atoms with van der Waals surface area (Å²) in [5.41, 5.74) is 1.55. The first-order valence-corrected chi connectivity index (χ1v) is 6.57. The minimum Gasteiger partial charge on any atom is -0.492 e. The summed E-state index contributed by atoms with van der Waals surface area (Å²) in [6, 6.07) is 3.35. The SMILES string of the molecule is CCOc1cc(C)c(C(=O)C(CC)NC)cc1Cl. The summed E-state index contributed by atoms with van der Waals surface area (Å²) < 4.78 is 5.41. The zero-order valence-corrected chi connectivity index (χ0v) is 12.1. The molecule has 3 nitrogen and oxygen atoms in total. The topological polar surface area (TPSA) is 38.3 Å². The maximum Gasteiger partial charge on any atom is 0.180 e. The van der Waals surface area contributed by atoms with Gasteiger partial charge in [-0.3, -0.25) is 4.79 Å². The van der Waals surface area contributed by atoms with Crippen LogP contribution in [0.25, 0.3) is 0 Å². The highest BCUT2D eigenvalue weighted by molar-refractivity contribution is 6.32. The Morgan fingerprint density at radius 3 is 2.61 bits per heavy atom. The summed E-state index contributed by atoms with van der Waals surface area (Å²) in [5, 5.41) is 3.50. The summed E-state index contributed by atoms with van der Waals surface area (Å²) >= 11 is 6.12. The molecule has 0 aliphatic heterocycles. The summed E-state index contributed by atoms with van der Waals surface area (Å²) in [5.74, 6) is 0.702. The molecule has 0 heterocycles. The molecule has 18 heavy (non-hydrogen) atoms. The standard InChI is InChI=1S/C14H20ClNO2/c1-5-12(16-4)14(17)10-8-11(15)13(18-6-2)7-9(10)3/h7-8,12,16H,5-6H2,1-4H3. The van der Waals surface area contributed by atoms with Crippen molar-refractivity contribution in [3.05, 3.63) is 28.3 Å². The number of likely N-dealkylation sites (N-methyl/N-ethyl adjacent to an activating group) is 1. The van der Waals surface area contributed by atoms with Gasteiger partial charge in [0.25, 0.3) is 0 Å². The number of carbonyl (C=O) groups excluding carboxylic acids is 1. The Hall–Kier alpha value is -1.06. The fraction of sp³-hybridized carbons (Fsp3) is 0.500. The predicted octanol–water partition coefficient (Wildman–Crippen LogP) is 3.23. The van der Waals surface area contributed by atoms with Crippen molar-refractivity contribution in [3.8, 4) is 5.75 Å². The van der Waals surface area contributed by atoms with Crippen LogP contribution in [0.3, 0.4) is 0 Å². The average molecular weight is 270 g/mol. The van der Waals surface area contributed by atoms with Crippen molar-refractivity contribution in [1.82, 2.24) is 5.32 Å². The third-order valence-corrected chi connectivity index (χ3v) is 3.21. The Labute approximate surface area is 113 Å². The fourth-order valence-electron chi connectivity index (χ4n) is 1.89. The Morgan fingerprint density at radius 1 is 1.44 bits per heavy atom. The van der Waals surface area contributed by atoms with Crippen LogP contribution >= 0.6 is 11.6 Å². The molecule has 0 bridgehead atoms. The van der Waals surface area contributed by atoms with E-state index < -0.39 is 0 Å². The summed E-state index contributed by atoms with van der Waals surface area (Å²) in [4.78, 5) is 12.3. The zero-order valence-electron chi connectivity index (χ0n) is 11.3. The van der Waals surface area contributed by atoms with Crippen molar-refractivity contribution in [3.63, 3.8) is 0 Å². The van der Waals surface area contributed by atoms with Gasteiger partial charge >= 0.3 is 0 Å². The molecule has 1 aromatic rings. The first-order chi connectivity index (χ1) is 8.54. The van der Waals surface area contributed by atoms with Crippen molar-refractivity contribution >= 4 is 17.4 Å². The van der Waals surface area contributed by atoms with Crippen LogP contribution in [-0.2, 0) is 0 Å². The molecule has 1 rings (SSSR count). The van der Waals surface area contributed by atoms with E-state index in [4.69, 9.17) is 16.3 Å². The molecular formula is C14H20ClNO2. The normalized spacial score (nSPS) is 12.3. The van der Waals surface area contributed by atoms with E-state index in [1.54, 1.807) is 13.1 Å². The van der Waals surface area contributed by atoms with E-state index in [1.807, 2.05) is 26.8 Å². The molecule has 0 aliphatic carbocycles. The summed E-state index contributed by atoms with van der Waals surface area (Å²) in [6.45, 7) is 6.33. The van der Waals surface area contributed by atoms with Gasteiger partial charge < -0.3 is 10.1 Å². The van der Waals surface area contributed by atoms with E-state index in [0.29, 0.717) is 22.9 Å². The lowest BCUT2D eigenvalue weighted by atomic mass is 9.98. The largest absolute Gasteiger partial charge is 0.492 e. The smallest absolute Gasteiger partial charge is 0.180 e. The second-order valence-corrected chi connectivity index (χ2v) is 4.55. The Morgan fingerprint density at radius 2 is 2.11 bits per heavy atom. The van der Waals surface area contributed by atoms with E-state index in [1.165, 1.54) is 0 Å². The molecule has 0 saturated heterocycles. The molecular weight excluding hydrogens is 250 g/mol. The maximum absolute atomic E-state index is 12.3. The molecule has 0 fully saturated rings. The molecule has 1 unspecified atom stereocenters. The van der Waals surface area contributed by atoms with Crippen molar-refractivity contribution in [2.45, 2.75) is 33.2 Å². The number of hydrogen-bond donors (Lipinski definition) is 1. The second kappa shape index (κ2) is 6.76. The lowest BCUT2D eigenvalue weighted by Crippen LogP contribution is -2.33. The van der Waals surface area contributed by atoms with Crippen LogP contribution in [0.1, 0.15) is 36.2 Å². The molecule has 0 spiro atoms. The van der Waals surface area contributed by atoms with E-state index in [9.17, 15) is 4.79 Å². The first-order valence-electron chi connectivity index (χ1n) is 6.19. The molecule has 1 N–H and O–H groups in total. The second-order valence-electron chi connectivity index (χ2n) is 4.14. The van der Waals surface area contributed by atoms with Gasteiger partial charge in [-0.1, -0.05) is 18.5 Å². The van der Waals surface area contributed by atoms with E-state index in [-0.39, 0.29) is 11.8 Å². The number of nitrogens with one attached hydrogen (secondary N) is 1. The highest BCUT2D eigenvalue weighted by Crippen LogP contribution is 2.29.